The second-order valence-electron chi connectivity index (χ2n) is 9.87. The third kappa shape index (κ3) is 3.51. The fourth-order valence-corrected chi connectivity index (χ4v) is 5.88. The SMILES string of the molecule is Bc1ccc2c(N3C[C@@H](C)N4Cc5cc(N[C@H]6CNC[C@H]6F)ccc5[C@H]4C3)ccc(C#N)c2n1. The molecule has 34 heavy (non-hydrogen) atoms. The summed E-state index contributed by atoms with van der Waals surface area (Å²) in [4.78, 5) is 9.71. The van der Waals surface area contributed by atoms with Crippen molar-refractivity contribution in [3.63, 3.8) is 0 Å². The molecule has 0 spiro atoms. The van der Waals surface area contributed by atoms with Crippen LogP contribution >= 0.6 is 0 Å². The molecule has 2 N–H and O–H groups in total. The van der Waals surface area contributed by atoms with Crippen molar-refractivity contribution in [2.75, 3.05) is 36.4 Å². The molecule has 4 atom stereocenters. The lowest BCUT2D eigenvalue weighted by molar-refractivity contribution is 0.134. The van der Waals surface area contributed by atoms with Gasteiger partial charge in [0.25, 0.3) is 0 Å². The minimum atomic E-state index is -0.853. The molecule has 0 saturated carbocycles. The molecule has 3 aliphatic rings. The second kappa shape index (κ2) is 8.26. The lowest BCUT2D eigenvalue weighted by Gasteiger charge is -2.44. The summed E-state index contributed by atoms with van der Waals surface area (Å²) in [7, 11) is 1.96. The number of aromatic nitrogens is 1. The van der Waals surface area contributed by atoms with E-state index in [4.69, 9.17) is 0 Å². The summed E-state index contributed by atoms with van der Waals surface area (Å²) in [5, 5.41) is 17.1. The third-order valence-corrected chi connectivity index (χ3v) is 7.63. The minimum Gasteiger partial charge on any atom is -0.378 e. The van der Waals surface area contributed by atoms with Gasteiger partial charge in [-0.15, -0.1) is 0 Å². The molecule has 2 aromatic carbocycles. The summed E-state index contributed by atoms with van der Waals surface area (Å²) in [6, 6.07) is 17.4. The Bertz CT molecular complexity index is 1310. The van der Waals surface area contributed by atoms with Crippen molar-refractivity contribution >= 4 is 35.7 Å². The monoisotopic (exact) mass is 454 g/mol. The summed E-state index contributed by atoms with van der Waals surface area (Å²) in [6.45, 7) is 6.09. The van der Waals surface area contributed by atoms with Gasteiger partial charge in [0, 0.05) is 55.5 Å². The van der Waals surface area contributed by atoms with E-state index in [9.17, 15) is 9.65 Å². The number of hydrogen-bond donors (Lipinski definition) is 2. The van der Waals surface area contributed by atoms with Gasteiger partial charge in [0.15, 0.2) is 7.85 Å². The fraction of sp³-hybridized carbons (Fsp3) is 0.385. The van der Waals surface area contributed by atoms with Gasteiger partial charge in [-0.2, -0.15) is 5.26 Å². The Kier molecular flexibility index (Phi) is 5.20. The van der Waals surface area contributed by atoms with Gasteiger partial charge in [0.05, 0.1) is 23.2 Å². The minimum absolute atomic E-state index is 0.168. The summed E-state index contributed by atoms with van der Waals surface area (Å²) in [5.74, 6) is 0. The van der Waals surface area contributed by atoms with Gasteiger partial charge in [-0.05, 0) is 54.0 Å². The van der Waals surface area contributed by atoms with Crippen LogP contribution in [0.4, 0.5) is 15.8 Å². The molecule has 2 saturated heterocycles. The summed E-state index contributed by atoms with van der Waals surface area (Å²) in [5.41, 5.74) is 7.14. The Balaban J connectivity index is 1.30. The van der Waals surface area contributed by atoms with Gasteiger partial charge < -0.3 is 15.5 Å². The van der Waals surface area contributed by atoms with E-state index in [0.29, 0.717) is 30.7 Å². The molecular formula is C26H28BFN6. The quantitative estimate of drug-likeness (QED) is 0.589. The fourth-order valence-electron chi connectivity index (χ4n) is 5.88. The zero-order valence-electron chi connectivity index (χ0n) is 19.6. The lowest BCUT2D eigenvalue weighted by Crippen LogP contribution is -2.51. The number of fused-ring (bicyclic) bond motifs is 4. The van der Waals surface area contributed by atoms with E-state index in [-0.39, 0.29) is 6.04 Å². The molecule has 0 aliphatic carbocycles. The number of anilines is 2. The van der Waals surface area contributed by atoms with Crippen LogP contribution in [0.3, 0.4) is 0 Å². The number of nitrogens with one attached hydrogen (secondary N) is 2. The molecule has 172 valence electrons. The highest BCUT2D eigenvalue weighted by Gasteiger charge is 2.39. The normalized spacial score (nSPS) is 26.3. The van der Waals surface area contributed by atoms with Crippen LogP contribution in [-0.4, -0.2) is 62.2 Å². The number of benzene rings is 2. The molecule has 8 heteroatoms. The van der Waals surface area contributed by atoms with E-state index in [1.165, 1.54) is 11.1 Å². The van der Waals surface area contributed by atoms with Gasteiger partial charge in [-0.25, -0.2) is 4.39 Å². The van der Waals surface area contributed by atoms with Crippen molar-refractivity contribution in [3.8, 4) is 6.07 Å². The van der Waals surface area contributed by atoms with Crippen molar-refractivity contribution in [2.45, 2.75) is 37.8 Å². The highest BCUT2D eigenvalue weighted by Crippen LogP contribution is 2.42. The van der Waals surface area contributed by atoms with E-state index in [1.807, 2.05) is 20.0 Å². The molecule has 0 unspecified atom stereocenters. The molecular weight excluding hydrogens is 426 g/mol. The van der Waals surface area contributed by atoms with Crippen LogP contribution in [0, 0.1) is 11.3 Å². The maximum absolute atomic E-state index is 14.1. The van der Waals surface area contributed by atoms with Crippen LogP contribution in [0.2, 0.25) is 0 Å². The highest BCUT2D eigenvalue weighted by atomic mass is 19.1. The third-order valence-electron chi connectivity index (χ3n) is 7.63. The van der Waals surface area contributed by atoms with Crippen molar-refractivity contribution in [3.05, 3.63) is 59.2 Å². The number of nitrogens with zero attached hydrogens (tertiary/aromatic N) is 4. The van der Waals surface area contributed by atoms with Crippen molar-refractivity contribution < 1.29 is 4.39 Å². The number of nitriles is 1. The number of pyridine rings is 1. The van der Waals surface area contributed by atoms with Gasteiger partial charge in [-0.1, -0.05) is 12.1 Å². The zero-order valence-corrected chi connectivity index (χ0v) is 19.6. The van der Waals surface area contributed by atoms with Crippen LogP contribution in [0.15, 0.2) is 42.5 Å². The van der Waals surface area contributed by atoms with E-state index in [0.717, 1.165) is 47.5 Å². The molecule has 6 rings (SSSR count). The van der Waals surface area contributed by atoms with E-state index >= 15 is 0 Å². The second-order valence-corrected chi connectivity index (χ2v) is 9.87. The summed E-state index contributed by atoms with van der Waals surface area (Å²) >= 11 is 0. The zero-order chi connectivity index (χ0) is 23.4. The Morgan fingerprint density at radius 2 is 2.06 bits per heavy atom. The Morgan fingerprint density at radius 1 is 1.18 bits per heavy atom. The predicted molar refractivity (Wildman–Crippen MR) is 136 cm³/mol. The van der Waals surface area contributed by atoms with E-state index < -0.39 is 6.17 Å². The van der Waals surface area contributed by atoms with Crippen molar-refractivity contribution in [2.24, 2.45) is 0 Å². The van der Waals surface area contributed by atoms with Gasteiger partial charge in [0.1, 0.15) is 12.2 Å². The van der Waals surface area contributed by atoms with Gasteiger partial charge in [0.2, 0.25) is 0 Å². The Hall–Kier alpha value is -3.15. The standard InChI is InChI=1S/C26H28BFN6/c1-15-12-33(23-6-2-16(9-29)26-20(23)5-7-25(27)32-26)14-24-19-4-3-18(8-17(19)13-34(15)24)31-22-11-30-10-21(22)28/h2-8,15,21-22,24,30-31H,10-14,27H2,1H3/t15-,21-,22+,24-/m1/s1. The number of hydrogen-bond acceptors (Lipinski definition) is 6. The number of halogens is 1. The lowest BCUT2D eigenvalue weighted by atomic mass is 9.98. The first kappa shape index (κ1) is 21.4. The average molecular weight is 454 g/mol. The van der Waals surface area contributed by atoms with Crippen LogP contribution in [0.25, 0.3) is 10.9 Å². The van der Waals surface area contributed by atoms with Crippen LogP contribution in [-0.2, 0) is 6.54 Å². The van der Waals surface area contributed by atoms with E-state index in [2.05, 4.69) is 68.7 Å². The number of rotatable bonds is 3. The number of piperazine rings is 1. The maximum atomic E-state index is 14.1. The first-order valence-corrected chi connectivity index (χ1v) is 12.1. The van der Waals surface area contributed by atoms with Gasteiger partial charge in [-0.3, -0.25) is 9.88 Å². The number of alkyl halides is 1. The van der Waals surface area contributed by atoms with Crippen LogP contribution in [0.5, 0.6) is 0 Å². The first-order valence-electron chi connectivity index (χ1n) is 12.1. The molecule has 4 heterocycles. The maximum Gasteiger partial charge on any atom is 0.163 e. The molecule has 0 bridgehead atoms. The molecule has 0 amide bonds. The molecule has 3 aromatic rings. The van der Waals surface area contributed by atoms with Crippen molar-refractivity contribution in [1.29, 1.82) is 5.26 Å². The molecule has 3 aliphatic heterocycles. The van der Waals surface area contributed by atoms with Crippen LogP contribution in [0.1, 0.15) is 29.7 Å². The van der Waals surface area contributed by atoms with Gasteiger partial charge >= 0.3 is 0 Å². The van der Waals surface area contributed by atoms with E-state index in [1.54, 1.807) is 0 Å². The van der Waals surface area contributed by atoms with Crippen LogP contribution < -0.4 is 21.1 Å². The Labute approximate surface area is 200 Å². The summed E-state index contributed by atoms with van der Waals surface area (Å²) in [6.07, 6.45) is -0.853. The molecule has 2 fully saturated rings. The smallest absolute Gasteiger partial charge is 0.163 e. The molecule has 0 radical (unpaired) electrons. The topological polar surface area (TPSA) is 67.2 Å². The summed E-state index contributed by atoms with van der Waals surface area (Å²) < 4.78 is 14.1. The molecule has 6 nitrogen and oxygen atoms in total. The highest BCUT2D eigenvalue weighted by molar-refractivity contribution is 6.31. The van der Waals surface area contributed by atoms with Crippen molar-refractivity contribution in [1.82, 2.24) is 15.2 Å². The predicted octanol–water partition coefficient (Wildman–Crippen LogP) is 1.85. The largest absolute Gasteiger partial charge is 0.378 e. The Morgan fingerprint density at radius 3 is 2.85 bits per heavy atom. The average Bonchev–Trinajstić information content (AvgIpc) is 3.41. The first-order chi connectivity index (χ1) is 16.5. The molecule has 1 aromatic heterocycles.